The Balaban J connectivity index is 1.60. The molecule has 0 bridgehead atoms. The van der Waals surface area contributed by atoms with Crippen LogP contribution in [0.3, 0.4) is 0 Å². The summed E-state index contributed by atoms with van der Waals surface area (Å²) in [7, 11) is 0. The van der Waals surface area contributed by atoms with Gasteiger partial charge in [0.2, 0.25) is 5.91 Å². The standard InChI is InChI=1S/C21H17N3O2/c22-14-16-10-12-17(13-11-16)24-21(25)15-23-19-8-4-5-9-20(19)26-18-6-2-1-3-7-18/h1-13,23H,15H2,(H,24,25). The van der Waals surface area contributed by atoms with Gasteiger partial charge in [-0.15, -0.1) is 0 Å². The predicted octanol–water partition coefficient (Wildman–Crippen LogP) is 4.40. The molecule has 5 nitrogen and oxygen atoms in total. The summed E-state index contributed by atoms with van der Waals surface area (Å²) in [5.41, 5.74) is 1.92. The molecule has 3 rings (SSSR count). The molecule has 0 radical (unpaired) electrons. The third kappa shape index (κ3) is 4.62. The fourth-order valence-corrected chi connectivity index (χ4v) is 2.33. The molecule has 0 saturated heterocycles. The molecule has 0 heterocycles. The third-order valence-corrected chi connectivity index (χ3v) is 3.60. The summed E-state index contributed by atoms with van der Waals surface area (Å²) in [4.78, 5) is 12.1. The lowest BCUT2D eigenvalue weighted by molar-refractivity contribution is -0.114. The first-order valence-electron chi connectivity index (χ1n) is 8.10. The van der Waals surface area contributed by atoms with Crippen LogP contribution in [0.4, 0.5) is 11.4 Å². The monoisotopic (exact) mass is 343 g/mol. The molecule has 0 aliphatic heterocycles. The van der Waals surface area contributed by atoms with Crippen LogP contribution in [-0.2, 0) is 4.79 Å². The van der Waals surface area contributed by atoms with Crippen LogP contribution < -0.4 is 15.4 Å². The van der Waals surface area contributed by atoms with E-state index >= 15 is 0 Å². The quantitative estimate of drug-likeness (QED) is 0.695. The zero-order chi connectivity index (χ0) is 18.2. The van der Waals surface area contributed by atoms with Crippen molar-refractivity contribution in [2.24, 2.45) is 0 Å². The smallest absolute Gasteiger partial charge is 0.243 e. The van der Waals surface area contributed by atoms with Gasteiger partial charge in [-0.2, -0.15) is 5.26 Å². The summed E-state index contributed by atoms with van der Waals surface area (Å²) in [6.45, 7) is 0.0924. The summed E-state index contributed by atoms with van der Waals surface area (Å²) in [6.07, 6.45) is 0. The van der Waals surface area contributed by atoms with Crippen LogP contribution in [-0.4, -0.2) is 12.5 Å². The Kier molecular flexibility index (Phi) is 5.48. The minimum atomic E-state index is -0.191. The molecule has 128 valence electrons. The maximum Gasteiger partial charge on any atom is 0.243 e. The summed E-state index contributed by atoms with van der Waals surface area (Å²) < 4.78 is 5.86. The number of hydrogen-bond donors (Lipinski definition) is 2. The molecule has 0 saturated carbocycles. The Morgan fingerprint density at radius 2 is 1.62 bits per heavy atom. The first-order valence-corrected chi connectivity index (χ1v) is 8.10. The number of amides is 1. The zero-order valence-electron chi connectivity index (χ0n) is 14.0. The number of nitrogens with one attached hydrogen (secondary N) is 2. The molecule has 1 amide bonds. The Hall–Kier alpha value is -3.78. The van der Waals surface area contributed by atoms with Gasteiger partial charge in [0.05, 0.1) is 23.9 Å². The minimum absolute atomic E-state index is 0.0924. The van der Waals surface area contributed by atoms with Gasteiger partial charge < -0.3 is 15.4 Å². The normalized spacial score (nSPS) is 9.81. The van der Waals surface area contributed by atoms with Crippen LogP contribution in [0.1, 0.15) is 5.56 Å². The van der Waals surface area contributed by atoms with E-state index < -0.39 is 0 Å². The number of rotatable bonds is 6. The van der Waals surface area contributed by atoms with Gasteiger partial charge in [-0.3, -0.25) is 4.79 Å². The topological polar surface area (TPSA) is 74.2 Å². The summed E-state index contributed by atoms with van der Waals surface area (Å²) in [5, 5.41) is 14.7. The van der Waals surface area contributed by atoms with E-state index in [0.29, 0.717) is 17.0 Å². The SMILES string of the molecule is N#Cc1ccc(NC(=O)CNc2ccccc2Oc2ccccc2)cc1. The fraction of sp³-hybridized carbons (Fsp3) is 0.0476. The number of ether oxygens (including phenoxy) is 1. The van der Waals surface area contributed by atoms with E-state index in [1.54, 1.807) is 24.3 Å². The number of benzene rings is 3. The zero-order valence-corrected chi connectivity index (χ0v) is 14.0. The van der Waals surface area contributed by atoms with Crippen molar-refractivity contribution in [1.82, 2.24) is 0 Å². The molecule has 0 atom stereocenters. The van der Waals surface area contributed by atoms with Crippen LogP contribution in [0.5, 0.6) is 11.5 Å². The molecule has 26 heavy (non-hydrogen) atoms. The van der Waals surface area contributed by atoms with Gasteiger partial charge in [0.1, 0.15) is 5.75 Å². The van der Waals surface area contributed by atoms with Gasteiger partial charge in [-0.05, 0) is 48.5 Å². The predicted molar refractivity (Wildman–Crippen MR) is 101 cm³/mol. The van der Waals surface area contributed by atoms with E-state index in [0.717, 1.165) is 11.4 Å². The average Bonchev–Trinajstić information content (AvgIpc) is 2.69. The van der Waals surface area contributed by atoms with Crippen molar-refractivity contribution in [2.75, 3.05) is 17.2 Å². The molecule has 5 heteroatoms. The number of nitrogens with zero attached hydrogens (tertiary/aromatic N) is 1. The Labute approximate surface area is 151 Å². The van der Waals surface area contributed by atoms with E-state index in [4.69, 9.17) is 10.00 Å². The molecule has 0 aromatic heterocycles. The molecule has 0 aliphatic rings. The van der Waals surface area contributed by atoms with Gasteiger partial charge >= 0.3 is 0 Å². The number of carbonyl (C=O) groups is 1. The Morgan fingerprint density at radius 1 is 0.923 bits per heavy atom. The van der Waals surface area contributed by atoms with Crippen LogP contribution >= 0.6 is 0 Å². The van der Waals surface area contributed by atoms with Crippen molar-refractivity contribution in [1.29, 1.82) is 5.26 Å². The number of carbonyl (C=O) groups excluding carboxylic acids is 1. The van der Waals surface area contributed by atoms with Gasteiger partial charge in [0.15, 0.2) is 5.75 Å². The first-order chi connectivity index (χ1) is 12.7. The third-order valence-electron chi connectivity index (χ3n) is 3.60. The van der Waals surface area contributed by atoms with Crippen LogP contribution in [0.15, 0.2) is 78.9 Å². The van der Waals surface area contributed by atoms with E-state index in [1.165, 1.54) is 0 Å². The Bertz CT molecular complexity index is 916. The van der Waals surface area contributed by atoms with Crippen molar-refractivity contribution < 1.29 is 9.53 Å². The lowest BCUT2D eigenvalue weighted by atomic mass is 10.2. The molecular weight excluding hydrogens is 326 g/mol. The molecule has 2 N–H and O–H groups in total. The fourth-order valence-electron chi connectivity index (χ4n) is 2.33. The van der Waals surface area contributed by atoms with Gasteiger partial charge in [-0.1, -0.05) is 30.3 Å². The Morgan fingerprint density at radius 3 is 2.35 bits per heavy atom. The van der Waals surface area contributed by atoms with Crippen molar-refractivity contribution in [3.63, 3.8) is 0 Å². The van der Waals surface area contributed by atoms with Gasteiger partial charge in [0.25, 0.3) is 0 Å². The molecule has 0 aliphatic carbocycles. The van der Waals surface area contributed by atoms with Gasteiger partial charge in [0, 0.05) is 5.69 Å². The van der Waals surface area contributed by atoms with Crippen LogP contribution in [0.2, 0.25) is 0 Å². The summed E-state index contributed by atoms with van der Waals surface area (Å²) >= 11 is 0. The highest BCUT2D eigenvalue weighted by Gasteiger charge is 2.07. The van der Waals surface area contributed by atoms with Crippen molar-refractivity contribution in [3.05, 3.63) is 84.4 Å². The van der Waals surface area contributed by atoms with E-state index in [9.17, 15) is 4.79 Å². The number of nitriles is 1. The summed E-state index contributed by atoms with van der Waals surface area (Å²) in [5.74, 6) is 1.18. The maximum absolute atomic E-state index is 12.1. The highest BCUT2D eigenvalue weighted by atomic mass is 16.5. The second kappa shape index (κ2) is 8.36. The van der Waals surface area contributed by atoms with E-state index in [1.807, 2.05) is 60.7 Å². The number of hydrogen-bond acceptors (Lipinski definition) is 4. The van der Waals surface area contributed by atoms with E-state index in [-0.39, 0.29) is 12.5 Å². The van der Waals surface area contributed by atoms with Crippen molar-refractivity contribution in [3.8, 4) is 17.6 Å². The lowest BCUT2D eigenvalue weighted by Crippen LogP contribution is -2.21. The molecular formula is C21H17N3O2. The molecule has 0 fully saturated rings. The van der Waals surface area contributed by atoms with E-state index in [2.05, 4.69) is 10.6 Å². The molecule has 3 aromatic rings. The number of anilines is 2. The van der Waals surface area contributed by atoms with Crippen LogP contribution in [0.25, 0.3) is 0 Å². The maximum atomic E-state index is 12.1. The second-order valence-corrected chi connectivity index (χ2v) is 5.50. The highest BCUT2D eigenvalue weighted by Crippen LogP contribution is 2.28. The minimum Gasteiger partial charge on any atom is -0.455 e. The average molecular weight is 343 g/mol. The molecule has 0 unspecified atom stereocenters. The van der Waals surface area contributed by atoms with Crippen LogP contribution in [0, 0.1) is 11.3 Å². The largest absolute Gasteiger partial charge is 0.455 e. The summed E-state index contributed by atoms with van der Waals surface area (Å²) in [6, 6.07) is 25.7. The number of para-hydroxylation sites is 3. The van der Waals surface area contributed by atoms with Gasteiger partial charge in [-0.25, -0.2) is 0 Å². The second-order valence-electron chi connectivity index (χ2n) is 5.50. The van der Waals surface area contributed by atoms with Crippen molar-refractivity contribution in [2.45, 2.75) is 0 Å². The van der Waals surface area contributed by atoms with Crippen molar-refractivity contribution >= 4 is 17.3 Å². The first kappa shape index (κ1) is 17.1. The lowest BCUT2D eigenvalue weighted by Gasteiger charge is -2.13. The highest BCUT2D eigenvalue weighted by molar-refractivity contribution is 5.94. The molecule has 0 spiro atoms. The molecule has 3 aromatic carbocycles.